The lowest BCUT2D eigenvalue weighted by Crippen LogP contribution is -2.32. The summed E-state index contributed by atoms with van der Waals surface area (Å²) in [6.45, 7) is 4.23. The Morgan fingerprint density at radius 3 is 3.00 bits per heavy atom. The third kappa shape index (κ3) is 1.94. The van der Waals surface area contributed by atoms with Gasteiger partial charge in [-0.3, -0.25) is 0 Å². The molecule has 0 aromatic rings. The van der Waals surface area contributed by atoms with Crippen molar-refractivity contribution in [3.63, 3.8) is 0 Å². The highest BCUT2D eigenvalue weighted by Crippen LogP contribution is 2.06. The Hall–Kier alpha value is -0.120. The molecule has 1 unspecified atom stereocenters. The second kappa shape index (κ2) is 3.91. The van der Waals surface area contributed by atoms with Crippen molar-refractivity contribution < 1.29 is 0 Å². The molecule has 1 aliphatic heterocycles. The van der Waals surface area contributed by atoms with E-state index in [4.69, 9.17) is 5.73 Å². The number of likely N-dealkylation sites (tertiary alicyclic amines) is 1. The zero-order valence-corrected chi connectivity index (χ0v) is 6.64. The maximum Gasteiger partial charge on any atom is 0.0204 e. The Morgan fingerprint density at radius 1 is 1.70 bits per heavy atom. The van der Waals surface area contributed by atoms with Gasteiger partial charge in [0.15, 0.2) is 0 Å². The molecule has 0 spiro atoms. The van der Waals surface area contributed by atoms with Crippen molar-refractivity contribution in [1.82, 2.24) is 10.2 Å². The molecule has 60 valence electrons. The predicted molar refractivity (Wildman–Crippen MR) is 43.0 cm³/mol. The quantitative estimate of drug-likeness (QED) is 0.545. The summed E-state index contributed by atoms with van der Waals surface area (Å²) in [4.78, 5) is 2.40. The molecule has 1 fully saturated rings. The zero-order valence-electron chi connectivity index (χ0n) is 6.64. The molecule has 3 N–H and O–H groups in total. The third-order valence-corrected chi connectivity index (χ3v) is 2.13. The second-order valence-corrected chi connectivity index (χ2v) is 2.86. The van der Waals surface area contributed by atoms with Gasteiger partial charge in [-0.1, -0.05) is 0 Å². The number of rotatable bonds is 3. The maximum atomic E-state index is 5.43. The molecular weight excluding hydrogens is 126 g/mol. The summed E-state index contributed by atoms with van der Waals surface area (Å²) in [7, 11) is 2.02. The van der Waals surface area contributed by atoms with Crippen LogP contribution in [0.15, 0.2) is 0 Å². The van der Waals surface area contributed by atoms with E-state index in [2.05, 4.69) is 10.2 Å². The molecular formula is C7H17N3. The highest BCUT2D eigenvalue weighted by atomic mass is 15.2. The molecule has 1 heterocycles. The van der Waals surface area contributed by atoms with Crippen LogP contribution in [0.1, 0.15) is 6.42 Å². The summed E-state index contributed by atoms with van der Waals surface area (Å²) < 4.78 is 0. The molecule has 0 aromatic heterocycles. The zero-order chi connectivity index (χ0) is 7.40. The standard InChI is InChI=1S/C7H17N3/c1-9-7-2-4-10(6-7)5-3-8/h7,9H,2-6,8H2,1H3. The number of likely N-dealkylation sites (N-methyl/N-ethyl adjacent to an activating group) is 1. The van der Waals surface area contributed by atoms with Gasteiger partial charge in [0.25, 0.3) is 0 Å². The molecule has 1 atom stereocenters. The summed E-state index contributed by atoms with van der Waals surface area (Å²) >= 11 is 0. The van der Waals surface area contributed by atoms with Crippen molar-refractivity contribution in [1.29, 1.82) is 0 Å². The van der Waals surface area contributed by atoms with Crippen molar-refractivity contribution in [2.45, 2.75) is 12.5 Å². The van der Waals surface area contributed by atoms with Gasteiger partial charge in [-0.15, -0.1) is 0 Å². The van der Waals surface area contributed by atoms with Crippen LogP contribution in [0.4, 0.5) is 0 Å². The fourth-order valence-corrected chi connectivity index (χ4v) is 1.45. The van der Waals surface area contributed by atoms with Crippen LogP contribution in [-0.4, -0.2) is 44.2 Å². The molecule has 3 heteroatoms. The van der Waals surface area contributed by atoms with Crippen LogP contribution in [0.3, 0.4) is 0 Å². The molecule has 1 aliphatic rings. The van der Waals surface area contributed by atoms with Gasteiger partial charge in [-0.05, 0) is 20.0 Å². The molecule has 1 rings (SSSR count). The van der Waals surface area contributed by atoms with Crippen molar-refractivity contribution in [2.24, 2.45) is 5.73 Å². The minimum absolute atomic E-state index is 0.701. The molecule has 0 aliphatic carbocycles. The fraction of sp³-hybridized carbons (Fsp3) is 1.00. The monoisotopic (exact) mass is 143 g/mol. The lowest BCUT2D eigenvalue weighted by Gasteiger charge is -2.13. The maximum absolute atomic E-state index is 5.43. The summed E-state index contributed by atoms with van der Waals surface area (Å²) in [5, 5.41) is 3.27. The Labute approximate surface area is 62.6 Å². The van der Waals surface area contributed by atoms with Gasteiger partial charge in [0, 0.05) is 25.7 Å². The van der Waals surface area contributed by atoms with Gasteiger partial charge in [0.2, 0.25) is 0 Å². The van der Waals surface area contributed by atoms with E-state index >= 15 is 0 Å². The van der Waals surface area contributed by atoms with E-state index in [1.807, 2.05) is 7.05 Å². The van der Waals surface area contributed by atoms with Crippen LogP contribution in [0, 0.1) is 0 Å². The van der Waals surface area contributed by atoms with Crippen molar-refractivity contribution in [3.05, 3.63) is 0 Å². The lowest BCUT2D eigenvalue weighted by atomic mass is 10.3. The topological polar surface area (TPSA) is 41.3 Å². The minimum atomic E-state index is 0.701. The summed E-state index contributed by atoms with van der Waals surface area (Å²) in [5.41, 5.74) is 5.43. The smallest absolute Gasteiger partial charge is 0.0204 e. The average Bonchev–Trinajstić information content (AvgIpc) is 2.37. The van der Waals surface area contributed by atoms with E-state index in [9.17, 15) is 0 Å². The first-order valence-corrected chi connectivity index (χ1v) is 3.96. The molecule has 3 nitrogen and oxygen atoms in total. The number of hydrogen-bond acceptors (Lipinski definition) is 3. The van der Waals surface area contributed by atoms with E-state index in [0.717, 1.165) is 13.1 Å². The van der Waals surface area contributed by atoms with Gasteiger partial charge in [-0.2, -0.15) is 0 Å². The van der Waals surface area contributed by atoms with Crippen molar-refractivity contribution in [2.75, 3.05) is 33.2 Å². The summed E-state index contributed by atoms with van der Waals surface area (Å²) in [6.07, 6.45) is 1.27. The van der Waals surface area contributed by atoms with E-state index in [0.29, 0.717) is 6.04 Å². The normalized spacial score (nSPS) is 27.6. The lowest BCUT2D eigenvalue weighted by molar-refractivity contribution is 0.339. The molecule has 0 saturated carbocycles. The van der Waals surface area contributed by atoms with Crippen LogP contribution in [0.2, 0.25) is 0 Å². The van der Waals surface area contributed by atoms with Crippen LogP contribution in [-0.2, 0) is 0 Å². The molecule has 10 heavy (non-hydrogen) atoms. The molecule has 0 amide bonds. The van der Waals surface area contributed by atoms with E-state index < -0.39 is 0 Å². The van der Waals surface area contributed by atoms with E-state index in [1.165, 1.54) is 19.5 Å². The minimum Gasteiger partial charge on any atom is -0.329 e. The molecule has 1 saturated heterocycles. The Bertz CT molecular complexity index is 94.9. The van der Waals surface area contributed by atoms with Crippen LogP contribution < -0.4 is 11.1 Å². The van der Waals surface area contributed by atoms with Crippen LogP contribution in [0.25, 0.3) is 0 Å². The van der Waals surface area contributed by atoms with E-state index in [-0.39, 0.29) is 0 Å². The largest absolute Gasteiger partial charge is 0.329 e. The van der Waals surface area contributed by atoms with Gasteiger partial charge in [-0.25, -0.2) is 0 Å². The molecule has 0 bridgehead atoms. The fourth-order valence-electron chi connectivity index (χ4n) is 1.45. The Balaban J connectivity index is 2.15. The van der Waals surface area contributed by atoms with Crippen LogP contribution >= 0.6 is 0 Å². The number of nitrogens with zero attached hydrogens (tertiary/aromatic N) is 1. The van der Waals surface area contributed by atoms with Crippen molar-refractivity contribution in [3.8, 4) is 0 Å². The van der Waals surface area contributed by atoms with Crippen molar-refractivity contribution >= 4 is 0 Å². The average molecular weight is 143 g/mol. The Morgan fingerprint density at radius 2 is 2.50 bits per heavy atom. The molecule has 0 aromatic carbocycles. The SMILES string of the molecule is CNC1CCN(CCN)C1. The number of nitrogens with two attached hydrogens (primary N) is 1. The van der Waals surface area contributed by atoms with Gasteiger partial charge in [0.1, 0.15) is 0 Å². The summed E-state index contributed by atoms with van der Waals surface area (Å²) in [5.74, 6) is 0. The van der Waals surface area contributed by atoms with E-state index in [1.54, 1.807) is 0 Å². The first kappa shape index (κ1) is 7.98. The number of hydrogen-bond donors (Lipinski definition) is 2. The molecule has 0 radical (unpaired) electrons. The number of nitrogens with one attached hydrogen (secondary N) is 1. The van der Waals surface area contributed by atoms with Crippen LogP contribution in [0.5, 0.6) is 0 Å². The third-order valence-electron chi connectivity index (χ3n) is 2.13. The second-order valence-electron chi connectivity index (χ2n) is 2.86. The Kier molecular flexibility index (Phi) is 3.12. The van der Waals surface area contributed by atoms with Gasteiger partial charge >= 0.3 is 0 Å². The predicted octanol–water partition coefficient (Wildman–Crippen LogP) is -0.761. The first-order valence-electron chi connectivity index (χ1n) is 3.96. The highest BCUT2D eigenvalue weighted by molar-refractivity contribution is 4.79. The summed E-state index contributed by atoms with van der Waals surface area (Å²) in [6, 6.07) is 0.701. The van der Waals surface area contributed by atoms with Gasteiger partial charge < -0.3 is 16.0 Å². The highest BCUT2D eigenvalue weighted by Gasteiger charge is 2.19. The first-order chi connectivity index (χ1) is 4.86. The van der Waals surface area contributed by atoms with Gasteiger partial charge in [0.05, 0.1) is 0 Å².